The molecule has 0 spiro atoms. The maximum Gasteiger partial charge on any atom is 0.311 e. The Morgan fingerprint density at radius 2 is 1.62 bits per heavy atom. The number of hydrogen-bond donors (Lipinski definition) is 4. The van der Waals surface area contributed by atoms with E-state index in [2.05, 4.69) is 12.6 Å². The number of carboxylic acid groups (broad SMARTS) is 1. The smallest absolute Gasteiger partial charge is 0.311 e. The Bertz CT molecular complexity index is 178. The highest BCUT2D eigenvalue weighted by molar-refractivity contribution is 7.96. The van der Waals surface area contributed by atoms with Gasteiger partial charge in [-0.15, -0.1) is 12.6 Å². The second-order valence-corrected chi connectivity index (χ2v) is 3.40. The van der Waals surface area contributed by atoms with Crippen molar-refractivity contribution in [2.24, 2.45) is 5.41 Å². The van der Waals surface area contributed by atoms with Gasteiger partial charge in [0.2, 0.25) is 5.12 Å². The van der Waals surface area contributed by atoms with Crippen LogP contribution < -0.4 is 0 Å². The van der Waals surface area contributed by atoms with E-state index in [1.807, 2.05) is 0 Å². The van der Waals surface area contributed by atoms with Gasteiger partial charge in [-0.3, -0.25) is 9.59 Å². The van der Waals surface area contributed by atoms with Crippen LogP contribution in [0.3, 0.4) is 0 Å². The third-order valence-corrected chi connectivity index (χ3v) is 1.25. The van der Waals surface area contributed by atoms with Crippen molar-refractivity contribution < 1.29 is 24.9 Å². The first kappa shape index (κ1) is 14.9. The topological polar surface area (TPSA) is 94.8 Å². The van der Waals surface area contributed by atoms with Crippen molar-refractivity contribution >= 4 is 23.7 Å². The molecule has 0 saturated carbocycles. The summed E-state index contributed by atoms with van der Waals surface area (Å²) in [5.41, 5.74) is -0.986. The van der Waals surface area contributed by atoms with Gasteiger partial charge in [0.25, 0.3) is 0 Å². The van der Waals surface area contributed by atoms with Crippen LogP contribution in [-0.4, -0.2) is 39.6 Å². The minimum absolute atomic E-state index is 0.317. The van der Waals surface area contributed by atoms with Crippen LogP contribution in [0, 0.1) is 5.41 Å². The summed E-state index contributed by atoms with van der Waals surface area (Å²) < 4.78 is 0. The number of carbonyl (C=O) groups is 2. The van der Waals surface area contributed by atoms with Crippen LogP contribution in [0.15, 0.2) is 0 Å². The number of aliphatic carboxylic acids is 1. The number of aliphatic hydroxyl groups excluding tert-OH is 2. The lowest BCUT2D eigenvalue weighted by Gasteiger charge is -2.13. The van der Waals surface area contributed by atoms with E-state index < -0.39 is 23.1 Å². The molecule has 0 radical (unpaired) electrons. The van der Waals surface area contributed by atoms with E-state index in [0.717, 1.165) is 0 Å². The van der Waals surface area contributed by atoms with Gasteiger partial charge in [-0.1, -0.05) is 0 Å². The summed E-state index contributed by atoms with van der Waals surface area (Å²) in [7, 11) is 0. The summed E-state index contributed by atoms with van der Waals surface area (Å²) in [6.45, 7) is 2.15. The molecule has 6 heteroatoms. The molecule has 0 bridgehead atoms. The van der Waals surface area contributed by atoms with Gasteiger partial charge in [-0.05, 0) is 13.8 Å². The van der Waals surface area contributed by atoms with Crippen molar-refractivity contribution in [3.8, 4) is 0 Å². The highest BCUT2D eigenvalue weighted by atomic mass is 32.1. The van der Waals surface area contributed by atoms with E-state index in [-0.39, 0.29) is 6.61 Å². The molecule has 3 N–H and O–H groups in total. The minimum atomic E-state index is -0.986. The van der Waals surface area contributed by atoms with Crippen LogP contribution in [0.4, 0.5) is 0 Å². The number of carbonyl (C=O) groups excluding carboxylic acids is 1. The lowest BCUT2D eigenvalue weighted by Crippen LogP contribution is -2.27. The first-order chi connectivity index (χ1) is 5.77. The van der Waals surface area contributed by atoms with E-state index in [9.17, 15) is 9.59 Å². The number of carboxylic acids is 1. The lowest BCUT2D eigenvalue weighted by atomic mass is 9.96. The summed E-state index contributed by atoms with van der Waals surface area (Å²) in [6, 6.07) is 0. The summed E-state index contributed by atoms with van der Waals surface area (Å²) in [5.74, 6) is -0.972. The molecule has 5 nitrogen and oxygen atoms in total. The molecule has 78 valence electrons. The van der Waals surface area contributed by atoms with Gasteiger partial charge in [0.1, 0.15) is 6.61 Å². The van der Waals surface area contributed by atoms with Gasteiger partial charge in [0.05, 0.1) is 12.0 Å². The largest absolute Gasteiger partial charge is 0.481 e. The maximum atomic E-state index is 10.1. The summed E-state index contributed by atoms with van der Waals surface area (Å²) >= 11 is 3.21. The SMILES string of the molecule is CC(C)(CO)C(=O)O.O=C(S)CO. The molecule has 0 amide bonds. The predicted molar refractivity (Wildman–Crippen MR) is 49.6 cm³/mol. The first-order valence-electron chi connectivity index (χ1n) is 3.45. The van der Waals surface area contributed by atoms with E-state index >= 15 is 0 Å². The second kappa shape index (κ2) is 6.88. The Balaban J connectivity index is 0. The molecule has 0 aliphatic carbocycles. The van der Waals surface area contributed by atoms with Crippen molar-refractivity contribution in [1.29, 1.82) is 0 Å². The van der Waals surface area contributed by atoms with Crippen LogP contribution in [-0.2, 0) is 9.59 Å². The Kier molecular flexibility index (Phi) is 7.89. The zero-order valence-electron chi connectivity index (χ0n) is 7.52. The van der Waals surface area contributed by atoms with Gasteiger partial charge in [-0.2, -0.15) is 0 Å². The Morgan fingerprint density at radius 3 is 1.62 bits per heavy atom. The summed E-state index contributed by atoms with van der Waals surface area (Å²) in [6.07, 6.45) is 0. The molecule has 0 fully saturated rings. The normalized spacial score (nSPS) is 9.92. The molecular weight excluding hydrogens is 196 g/mol. The Hall–Kier alpha value is -0.590. The molecule has 0 heterocycles. The van der Waals surface area contributed by atoms with Crippen LogP contribution >= 0.6 is 12.6 Å². The predicted octanol–water partition coefficient (Wildman–Crippen LogP) is -0.475. The number of rotatable bonds is 3. The number of thiol groups is 1. The number of hydrogen-bond acceptors (Lipinski definition) is 4. The van der Waals surface area contributed by atoms with E-state index in [1.54, 1.807) is 0 Å². The second-order valence-electron chi connectivity index (χ2n) is 2.90. The van der Waals surface area contributed by atoms with Gasteiger partial charge >= 0.3 is 5.97 Å². The molecule has 0 aliphatic heterocycles. The van der Waals surface area contributed by atoms with Crippen molar-refractivity contribution in [2.45, 2.75) is 13.8 Å². The molecule has 13 heavy (non-hydrogen) atoms. The van der Waals surface area contributed by atoms with Crippen molar-refractivity contribution in [2.75, 3.05) is 13.2 Å². The fraction of sp³-hybridized carbons (Fsp3) is 0.714. The highest BCUT2D eigenvalue weighted by Crippen LogP contribution is 2.12. The number of aliphatic hydroxyl groups is 2. The standard InChI is InChI=1S/C5H10O3.C2H4O2S/c1-5(2,3-6)4(7)8;3-1-2(4)5/h6H,3H2,1-2H3,(H,7,8);3H,1H2,(H,4,5). The maximum absolute atomic E-state index is 10.1. The Labute approximate surface area is 81.8 Å². The zero-order valence-corrected chi connectivity index (χ0v) is 8.41. The van der Waals surface area contributed by atoms with Crippen LogP contribution in [0.25, 0.3) is 0 Å². The van der Waals surface area contributed by atoms with Crippen LogP contribution in [0.2, 0.25) is 0 Å². The molecule has 0 aromatic rings. The van der Waals surface area contributed by atoms with Crippen LogP contribution in [0.5, 0.6) is 0 Å². The van der Waals surface area contributed by atoms with Gasteiger partial charge < -0.3 is 15.3 Å². The highest BCUT2D eigenvalue weighted by Gasteiger charge is 2.25. The Morgan fingerprint density at radius 1 is 1.31 bits per heavy atom. The molecule has 0 aromatic carbocycles. The van der Waals surface area contributed by atoms with Crippen molar-refractivity contribution in [1.82, 2.24) is 0 Å². The quantitative estimate of drug-likeness (QED) is 0.472. The van der Waals surface area contributed by atoms with Gasteiger partial charge in [0, 0.05) is 0 Å². The zero-order chi connectivity index (χ0) is 11.1. The van der Waals surface area contributed by atoms with Crippen molar-refractivity contribution in [3.05, 3.63) is 0 Å². The van der Waals surface area contributed by atoms with Crippen molar-refractivity contribution in [3.63, 3.8) is 0 Å². The molecule has 0 rings (SSSR count). The molecule has 0 aromatic heterocycles. The monoisotopic (exact) mass is 210 g/mol. The van der Waals surface area contributed by atoms with Gasteiger partial charge in [0.15, 0.2) is 0 Å². The average Bonchev–Trinajstić information content (AvgIpc) is 2.05. The summed E-state index contributed by atoms with van der Waals surface area (Å²) in [5, 5.41) is 23.9. The molecule has 0 aliphatic rings. The summed E-state index contributed by atoms with van der Waals surface area (Å²) in [4.78, 5) is 19.5. The van der Waals surface area contributed by atoms with Gasteiger partial charge in [-0.25, -0.2) is 0 Å². The molecule has 0 saturated heterocycles. The fourth-order valence-corrected chi connectivity index (χ4v) is 0.0676. The lowest BCUT2D eigenvalue weighted by molar-refractivity contribution is -0.148. The molecule has 0 unspecified atom stereocenters. The third-order valence-electron chi connectivity index (χ3n) is 1.11. The third kappa shape index (κ3) is 9.32. The van der Waals surface area contributed by atoms with E-state index in [4.69, 9.17) is 15.3 Å². The fourth-order valence-electron chi connectivity index (χ4n) is 0.0676. The van der Waals surface area contributed by atoms with Crippen LogP contribution in [0.1, 0.15) is 13.8 Å². The minimum Gasteiger partial charge on any atom is -0.481 e. The molecular formula is C7H14O5S. The first-order valence-corrected chi connectivity index (χ1v) is 3.89. The average molecular weight is 210 g/mol. The molecule has 0 atom stereocenters. The van der Waals surface area contributed by atoms with E-state index in [0.29, 0.717) is 0 Å². The van der Waals surface area contributed by atoms with E-state index in [1.165, 1.54) is 13.8 Å².